The molecule has 0 aliphatic carbocycles. The van der Waals surface area contributed by atoms with Gasteiger partial charge in [-0.1, -0.05) is 84.1 Å². The topological polar surface area (TPSA) is 69.3 Å². The molecule has 5 aromatic rings. The minimum Gasteiger partial charge on any atom is -0.293 e. The van der Waals surface area contributed by atoms with Crippen LogP contribution in [0.3, 0.4) is 0 Å². The molecule has 0 aliphatic heterocycles. The van der Waals surface area contributed by atoms with Crippen LogP contribution in [-0.2, 0) is 6.54 Å². The summed E-state index contributed by atoms with van der Waals surface area (Å²) >= 11 is 1.32. The molecule has 0 spiro atoms. The van der Waals surface area contributed by atoms with Gasteiger partial charge in [0.1, 0.15) is 0 Å². The molecule has 7 heteroatoms. The molecule has 158 valence electrons. The van der Waals surface area contributed by atoms with Gasteiger partial charge in [0.05, 0.1) is 23.2 Å². The Bertz CT molecular complexity index is 1490. The van der Waals surface area contributed by atoms with Crippen LogP contribution in [0.15, 0.2) is 88.8 Å². The number of benzene rings is 3. The summed E-state index contributed by atoms with van der Waals surface area (Å²) in [5, 5.41) is 9.84. The summed E-state index contributed by atoms with van der Waals surface area (Å²) in [5.41, 5.74) is 3.45. The highest BCUT2D eigenvalue weighted by molar-refractivity contribution is 7.99. The highest BCUT2D eigenvalue weighted by Crippen LogP contribution is 2.23. The number of Topliss-reactive ketones (excluding diaryl/α,β-unsaturated/α-hetero) is 1. The Labute approximate surface area is 188 Å². The summed E-state index contributed by atoms with van der Waals surface area (Å²) in [7, 11) is 0. The highest BCUT2D eigenvalue weighted by Gasteiger charge is 2.18. The number of para-hydroxylation sites is 1. The molecule has 0 aliphatic rings. The normalized spacial score (nSPS) is 11.3. The van der Waals surface area contributed by atoms with Crippen molar-refractivity contribution in [2.45, 2.75) is 18.6 Å². The average Bonchev–Trinajstić information content (AvgIpc) is 3.26. The van der Waals surface area contributed by atoms with Crippen molar-refractivity contribution in [3.8, 4) is 0 Å². The quantitative estimate of drug-likeness (QED) is 0.290. The van der Waals surface area contributed by atoms with Gasteiger partial charge in [-0.15, -0.1) is 10.2 Å². The molecule has 6 nitrogen and oxygen atoms in total. The van der Waals surface area contributed by atoms with Crippen molar-refractivity contribution in [3.05, 3.63) is 106 Å². The lowest BCUT2D eigenvalue weighted by Gasteiger charge is -2.11. The van der Waals surface area contributed by atoms with Crippen LogP contribution >= 0.6 is 11.8 Å². The highest BCUT2D eigenvalue weighted by atomic mass is 32.2. The molecule has 2 aromatic heterocycles. The Morgan fingerprint density at radius 1 is 0.906 bits per heavy atom. The predicted molar refractivity (Wildman–Crippen MR) is 127 cm³/mol. The average molecular weight is 441 g/mol. The Kier molecular flexibility index (Phi) is 5.33. The van der Waals surface area contributed by atoms with E-state index in [1.165, 1.54) is 11.8 Å². The molecule has 0 bridgehead atoms. The van der Waals surface area contributed by atoms with Crippen molar-refractivity contribution >= 4 is 34.2 Å². The fourth-order valence-electron chi connectivity index (χ4n) is 3.68. The van der Waals surface area contributed by atoms with Crippen LogP contribution in [-0.4, -0.2) is 30.7 Å². The molecule has 0 N–H and O–H groups in total. The molecule has 0 saturated heterocycles. The molecule has 32 heavy (non-hydrogen) atoms. The summed E-state index contributed by atoms with van der Waals surface area (Å²) in [5.74, 6) is 0.713. The molecule has 0 fully saturated rings. The van der Waals surface area contributed by atoms with E-state index in [1.54, 1.807) is 16.7 Å². The summed E-state index contributed by atoms with van der Waals surface area (Å²) in [6, 6.07) is 24.7. The van der Waals surface area contributed by atoms with Gasteiger partial charge >= 0.3 is 0 Å². The lowest BCUT2D eigenvalue weighted by Crippen LogP contribution is -2.24. The summed E-state index contributed by atoms with van der Waals surface area (Å²) in [4.78, 5) is 25.9. The third-order valence-electron chi connectivity index (χ3n) is 5.37. The van der Waals surface area contributed by atoms with Crippen molar-refractivity contribution in [2.24, 2.45) is 0 Å². The van der Waals surface area contributed by atoms with Gasteiger partial charge in [-0.2, -0.15) is 0 Å². The van der Waals surface area contributed by atoms with E-state index in [0.717, 1.165) is 16.6 Å². The Morgan fingerprint density at radius 2 is 1.62 bits per heavy atom. The largest absolute Gasteiger partial charge is 0.293 e. The number of aromatic nitrogens is 4. The van der Waals surface area contributed by atoms with E-state index in [9.17, 15) is 9.59 Å². The second-order valence-corrected chi connectivity index (χ2v) is 8.53. The Balaban J connectivity index is 1.58. The van der Waals surface area contributed by atoms with E-state index in [4.69, 9.17) is 0 Å². The SMILES string of the molecule is Cc1ccc(Cn2c(=O)c3ccccc3n3c(SCC(=O)c4ccccc4)nnc23)cc1. The third kappa shape index (κ3) is 3.71. The third-order valence-corrected chi connectivity index (χ3v) is 6.30. The summed E-state index contributed by atoms with van der Waals surface area (Å²) in [6.07, 6.45) is 0. The van der Waals surface area contributed by atoms with Gasteiger partial charge in [0.25, 0.3) is 5.56 Å². The van der Waals surface area contributed by atoms with Crippen molar-refractivity contribution in [1.82, 2.24) is 19.2 Å². The minimum atomic E-state index is -0.113. The number of hydrogen-bond acceptors (Lipinski definition) is 5. The molecular formula is C25H20N4O2S. The van der Waals surface area contributed by atoms with Crippen LogP contribution in [0.5, 0.6) is 0 Å². The van der Waals surface area contributed by atoms with Crippen LogP contribution in [0, 0.1) is 6.92 Å². The van der Waals surface area contributed by atoms with E-state index in [2.05, 4.69) is 10.2 Å². The molecule has 0 amide bonds. The van der Waals surface area contributed by atoms with Gasteiger partial charge in [0, 0.05) is 5.56 Å². The van der Waals surface area contributed by atoms with Crippen molar-refractivity contribution in [3.63, 3.8) is 0 Å². The van der Waals surface area contributed by atoms with Gasteiger partial charge in [-0.05, 0) is 24.6 Å². The second-order valence-electron chi connectivity index (χ2n) is 7.59. The number of aryl methyl sites for hydroxylation is 1. The van der Waals surface area contributed by atoms with Crippen molar-refractivity contribution in [2.75, 3.05) is 5.75 Å². The summed E-state index contributed by atoms with van der Waals surface area (Å²) in [6.45, 7) is 2.42. The minimum absolute atomic E-state index is 0.0182. The fourth-order valence-corrected chi connectivity index (χ4v) is 4.52. The van der Waals surface area contributed by atoms with Gasteiger partial charge in [0.2, 0.25) is 5.78 Å². The zero-order valence-corrected chi connectivity index (χ0v) is 18.2. The first kappa shape index (κ1) is 20.2. The smallest absolute Gasteiger partial charge is 0.263 e. The fraction of sp³-hybridized carbons (Fsp3) is 0.120. The number of ketones is 1. The van der Waals surface area contributed by atoms with Crippen LogP contribution in [0.2, 0.25) is 0 Å². The zero-order chi connectivity index (χ0) is 22.1. The van der Waals surface area contributed by atoms with Gasteiger partial charge in [-0.3, -0.25) is 18.6 Å². The molecule has 2 heterocycles. The standard InChI is InChI=1S/C25H20N4O2S/c1-17-11-13-18(14-12-17)15-28-23(31)20-9-5-6-10-21(20)29-24(28)26-27-25(29)32-16-22(30)19-7-3-2-4-8-19/h2-14H,15-16H2,1H3. The summed E-state index contributed by atoms with van der Waals surface area (Å²) < 4.78 is 3.51. The molecule has 0 saturated carbocycles. The molecule has 5 rings (SSSR count). The van der Waals surface area contributed by atoms with E-state index in [1.807, 2.05) is 78.1 Å². The monoisotopic (exact) mass is 440 g/mol. The zero-order valence-electron chi connectivity index (χ0n) is 17.4. The van der Waals surface area contributed by atoms with Gasteiger partial charge in [-0.25, -0.2) is 0 Å². The maximum atomic E-state index is 13.3. The Hall–Kier alpha value is -3.71. The number of thioether (sulfide) groups is 1. The predicted octanol–water partition coefficient (Wildman–Crippen LogP) is 4.38. The van der Waals surface area contributed by atoms with Crippen LogP contribution in [0.4, 0.5) is 0 Å². The second kappa shape index (κ2) is 8.43. The number of carbonyl (C=O) groups excluding carboxylic acids is 1. The van der Waals surface area contributed by atoms with Crippen molar-refractivity contribution < 1.29 is 4.79 Å². The van der Waals surface area contributed by atoms with Crippen molar-refractivity contribution in [1.29, 1.82) is 0 Å². The lowest BCUT2D eigenvalue weighted by atomic mass is 10.1. The first-order valence-corrected chi connectivity index (χ1v) is 11.2. The number of hydrogen-bond donors (Lipinski definition) is 0. The van der Waals surface area contributed by atoms with E-state index < -0.39 is 0 Å². The van der Waals surface area contributed by atoms with E-state index >= 15 is 0 Å². The molecule has 0 atom stereocenters. The molecule has 0 radical (unpaired) electrons. The van der Waals surface area contributed by atoms with Crippen LogP contribution in [0.25, 0.3) is 16.7 Å². The first-order valence-electron chi connectivity index (χ1n) is 10.2. The number of rotatable bonds is 6. The van der Waals surface area contributed by atoms with E-state index in [-0.39, 0.29) is 17.1 Å². The molecule has 0 unspecified atom stereocenters. The van der Waals surface area contributed by atoms with Crippen LogP contribution in [0.1, 0.15) is 21.5 Å². The van der Waals surface area contributed by atoms with Crippen LogP contribution < -0.4 is 5.56 Å². The lowest BCUT2D eigenvalue weighted by molar-refractivity contribution is 0.102. The molecule has 3 aromatic carbocycles. The number of carbonyl (C=O) groups is 1. The first-order chi connectivity index (χ1) is 15.6. The maximum Gasteiger partial charge on any atom is 0.263 e. The van der Waals surface area contributed by atoms with Gasteiger partial charge in [0.15, 0.2) is 10.9 Å². The number of nitrogens with zero attached hydrogens (tertiary/aromatic N) is 4. The maximum absolute atomic E-state index is 13.3. The Morgan fingerprint density at radius 3 is 2.41 bits per heavy atom. The molecular weight excluding hydrogens is 420 g/mol. The van der Waals surface area contributed by atoms with Gasteiger partial charge < -0.3 is 0 Å². The van der Waals surface area contributed by atoms with E-state index in [0.29, 0.717) is 28.4 Å². The number of fused-ring (bicyclic) bond motifs is 3.